The lowest BCUT2D eigenvalue weighted by Crippen LogP contribution is -2.47. The zero-order valence-electron chi connectivity index (χ0n) is 16.0. The van der Waals surface area contributed by atoms with E-state index in [0.29, 0.717) is 31.3 Å². The average molecular weight is 383 g/mol. The molecule has 0 spiro atoms. The Hall–Kier alpha value is -2.12. The van der Waals surface area contributed by atoms with Crippen LogP contribution < -0.4 is 5.56 Å². The van der Waals surface area contributed by atoms with Crippen LogP contribution in [0.3, 0.4) is 0 Å². The van der Waals surface area contributed by atoms with Crippen LogP contribution in [0.2, 0.25) is 0 Å². The van der Waals surface area contributed by atoms with Gasteiger partial charge in [0.1, 0.15) is 6.17 Å². The number of alkyl halides is 1. The number of fused-ring (bicyclic) bond motifs is 4. The van der Waals surface area contributed by atoms with Crippen molar-refractivity contribution in [1.29, 1.82) is 0 Å². The molecular weight excluding hydrogens is 357 g/mol. The van der Waals surface area contributed by atoms with Crippen molar-refractivity contribution in [3.05, 3.63) is 58.0 Å². The Morgan fingerprint density at radius 2 is 2.00 bits per heavy atom. The predicted octanol–water partition coefficient (Wildman–Crippen LogP) is 1.80. The molecule has 28 heavy (non-hydrogen) atoms. The molecule has 2 aromatic rings. The van der Waals surface area contributed by atoms with E-state index < -0.39 is 6.17 Å². The van der Waals surface area contributed by atoms with E-state index in [4.69, 9.17) is 0 Å². The Kier molecular flexibility index (Phi) is 4.72. The summed E-state index contributed by atoms with van der Waals surface area (Å²) in [7, 11) is 0. The van der Waals surface area contributed by atoms with E-state index in [1.807, 2.05) is 16.8 Å². The van der Waals surface area contributed by atoms with E-state index in [0.717, 1.165) is 56.1 Å². The topological polar surface area (TPSA) is 54.3 Å². The quantitative estimate of drug-likeness (QED) is 0.806. The minimum atomic E-state index is -0.750. The number of halogens is 1. The Bertz CT molecular complexity index is 901. The molecule has 5 heterocycles. The first-order chi connectivity index (χ1) is 13.7. The summed E-state index contributed by atoms with van der Waals surface area (Å²) in [5.41, 5.74) is 3.07. The summed E-state index contributed by atoms with van der Waals surface area (Å²) in [6, 6.07) is 4.11. The van der Waals surface area contributed by atoms with Crippen LogP contribution in [0.5, 0.6) is 0 Å². The van der Waals surface area contributed by atoms with Crippen LogP contribution >= 0.6 is 0 Å². The molecular formula is C21H26FN5O. The van der Waals surface area contributed by atoms with E-state index in [1.165, 1.54) is 0 Å². The fraction of sp³-hybridized carbons (Fsp3) is 0.571. The molecule has 2 saturated heterocycles. The van der Waals surface area contributed by atoms with Gasteiger partial charge in [-0.1, -0.05) is 6.07 Å². The largest absolute Gasteiger partial charge is 0.312 e. The summed E-state index contributed by atoms with van der Waals surface area (Å²) in [5, 5.41) is 0. The first kappa shape index (κ1) is 17.9. The van der Waals surface area contributed by atoms with Crippen LogP contribution in [-0.2, 0) is 19.6 Å². The van der Waals surface area contributed by atoms with E-state index in [9.17, 15) is 9.18 Å². The molecule has 0 N–H and O–H groups in total. The number of rotatable bonds is 4. The van der Waals surface area contributed by atoms with Crippen LogP contribution in [0.15, 0.2) is 35.5 Å². The van der Waals surface area contributed by atoms with E-state index in [-0.39, 0.29) is 5.56 Å². The monoisotopic (exact) mass is 383 g/mol. The number of likely N-dealkylation sites (tertiary alicyclic amines) is 2. The second kappa shape index (κ2) is 7.37. The number of aromatic nitrogens is 3. The van der Waals surface area contributed by atoms with Crippen molar-refractivity contribution in [3.63, 3.8) is 0 Å². The molecule has 3 aliphatic rings. The summed E-state index contributed by atoms with van der Waals surface area (Å²) >= 11 is 0. The molecule has 0 unspecified atom stereocenters. The lowest BCUT2D eigenvalue weighted by atomic mass is 9.83. The van der Waals surface area contributed by atoms with Gasteiger partial charge in [0.2, 0.25) is 0 Å². The van der Waals surface area contributed by atoms with E-state index in [1.54, 1.807) is 12.4 Å². The number of hydrogen-bond donors (Lipinski definition) is 0. The highest BCUT2D eigenvalue weighted by Gasteiger charge is 2.35. The standard InChI is InChI=1S/C21H26FN5O/c22-18-3-6-25(13-18)11-16-1-2-20-17-7-15(10-27(20)21(16)28)9-26(12-17)14-19-8-23-4-5-24-19/h1-2,4-5,8,15,17-18H,3,6-7,9-14H2/t15-,17+,18+/m0/s1. The molecule has 0 aliphatic carbocycles. The Labute approximate surface area is 164 Å². The average Bonchev–Trinajstić information content (AvgIpc) is 3.10. The highest BCUT2D eigenvalue weighted by atomic mass is 19.1. The summed E-state index contributed by atoms with van der Waals surface area (Å²) in [5.74, 6) is 0.866. The number of piperidine rings is 1. The maximum Gasteiger partial charge on any atom is 0.255 e. The Morgan fingerprint density at radius 1 is 1.07 bits per heavy atom. The lowest BCUT2D eigenvalue weighted by Gasteiger charge is -2.42. The second-order valence-electron chi connectivity index (χ2n) is 8.51. The number of hydrogen-bond acceptors (Lipinski definition) is 5. The molecule has 6 nitrogen and oxygen atoms in total. The first-order valence-electron chi connectivity index (χ1n) is 10.2. The summed E-state index contributed by atoms with van der Waals surface area (Å²) in [6.07, 6.45) is 6.24. The van der Waals surface area contributed by atoms with Gasteiger partial charge in [-0.25, -0.2) is 4.39 Å². The SMILES string of the molecule is O=c1c(CN2CC[C@@H](F)C2)ccc2n1C[C@H]1C[C@@H]2CN(Cc2cnccn2)C1. The molecule has 3 atom stereocenters. The van der Waals surface area contributed by atoms with Crippen molar-refractivity contribution in [2.24, 2.45) is 5.92 Å². The van der Waals surface area contributed by atoms with Gasteiger partial charge < -0.3 is 4.57 Å². The fourth-order valence-electron chi connectivity index (χ4n) is 5.15. The molecule has 0 amide bonds. The lowest BCUT2D eigenvalue weighted by molar-refractivity contribution is 0.113. The molecule has 2 aromatic heterocycles. The molecule has 0 aromatic carbocycles. The van der Waals surface area contributed by atoms with Gasteiger partial charge in [0, 0.05) is 81.6 Å². The molecule has 0 saturated carbocycles. The third-order valence-corrected chi connectivity index (χ3v) is 6.37. The van der Waals surface area contributed by atoms with E-state index in [2.05, 4.69) is 25.8 Å². The van der Waals surface area contributed by atoms with Gasteiger partial charge in [-0.3, -0.25) is 24.6 Å². The number of nitrogens with zero attached hydrogens (tertiary/aromatic N) is 5. The molecule has 2 bridgehead atoms. The van der Waals surface area contributed by atoms with Crippen molar-refractivity contribution in [3.8, 4) is 0 Å². The summed E-state index contributed by atoms with van der Waals surface area (Å²) in [6.45, 7) is 5.27. The maximum absolute atomic E-state index is 13.5. The molecule has 2 fully saturated rings. The van der Waals surface area contributed by atoms with Crippen molar-refractivity contribution >= 4 is 0 Å². The van der Waals surface area contributed by atoms with Gasteiger partial charge in [0.15, 0.2) is 0 Å². The van der Waals surface area contributed by atoms with Crippen LogP contribution in [-0.4, -0.2) is 56.7 Å². The van der Waals surface area contributed by atoms with Crippen LogP contribution in [0.4, 0.5) is 4.39 Å². The Morgan fingerprint density at radius 3 is 2.79 bits per heavy atom. The molecule has 7 heteroatoms. The fourth-order valence-corrected chi connectivity index (χ4v) is 5.15. The van der Waals surface area contributed by atoms with Crippen molar-refractivity contribution < 1.29 is 4.39 Å². The van der Waals surface area contributed by atoms with Crippen molar-refractivity contribution in [2.45, 2.75) is 44.6 Å². The normalized spacial score (nSPS) is 27.7. The van der Waals surface area contributed by atoms with E-state index >= 15 is 0 Å². The van der Waals surface area contributed by atoms with Crippen molar-refractivity contribution in [1.82, 2.24) is 24.3 Å². The first-order valence-corrected chi connectivity index (χ1v) is 10.2. The second-order valence-corrected chi connectivity index (χ2v) is 8.51. The minimum absolute atomic E-state index is 0.122. The Balaban J connectivity index is 1.34. The third kappa shape index (κ3) is 3.49. The van der Waals surface area contributed by atoms with Crippen LogP contribution in [0, 0.1) is 5.92 Å². The van der Waals surface area contributed by atoms with Gasteiger partial charge in [-0.2, -0.15) is 0 Å². The van der Waals surface area contributed by atoms with Gasteiger partial charge in [-0.05, 0) is 24.8 Å². The minimum Gasteiger partial charge on any atom is -0.312 e. The molecule has 5 rings (SSSR count). The molecule has 3 aliphatic heterocycles. The zero-order chi connectivity index (χ0) is 19.1. The van der Waals surface area contributed by atoms with Gasteiger partial charge >= 0.3 is 0 Å². The van der Waals surface area contributed by atoms with Crippen LogP contribution in [0.25, 0.3) is 0 Å². The van der Waals surface area contributed by atoms with Gasteiger partial charge in [0.25, 0.3) is 5.56 Å². The smallest absolute Gasteiger partial charge is 0.255 e. The number of pyridine rings is 1. The van der Waals surface area contributed by atoms with Gasteiger partial charge in [0.05, 0.1) is 5.69 Å². The highest BCUT2D eigenvalue weighted by molar-refractivity contribution is 5.22. The van der Waals surface area contributed by atoms with Crippen molar-refractivity contribution in [2.75, 3.05) is 26.2 Å². The third-order valence-electron chi connectivity index (χ3n) is 6.37. The summed E-state index contributed by atoms with van der Waals surface area (Å²) in [4.78, 5) is 26.2. The van der Waals surface area contributed by atoms with Gasteiger partial charge in [-0.15, -0.1) is 0 Å². The predicted molar refractivity (Wildman–Crippen MR) is 104 cm³/mol. The zero-order valence-corrected chi connectivity index (χ0v) is 16.0. The molecule has 0 radical (unpaired) electrons. The molecule has 148 valence electrons. The highest BCUT2D eigenvalue weighted by Crippen LogP contribution is 2.35. The maximum atomic E-state index is 13.5. The van der Waals surface area contributed by atoms with Crippen LogP contribution in [0.1, 0.15) is 35.7 Å². The summed E-state index contributed by atoms with van der Waals surface area (Å²) < 4.78 is 15.5.